The van der Waals surface area contributed by atoms with E-state index >= 15 is 0 Å². The first-order valence-electron chi connectivity index (χ1n) is 5.13. The molecule has 98 valence electrons. The van der Waals surface area contributed by atoms with Crippen molar-refractivity contribution >= 4 is 17.7 Å². The van der Waals surface area contributed by atoms with Gasteiger partial charge in [0, 0.05) is 18.8 Å². The second kappa shape index (κ2) is 5.57. The number of nitrogens with two attached hydrogens (primary N) is 1. The van der Waals surface area contributed by atoms with Gasteiger partial charge >= 0.3 is 6.18 Å². The molecule has 18 heavy (non-hydrogen) atoms. The predicted molar refractivity (Wildman–Crippen MR) is 63.6 cm³/mol. The van der Waals surface area contributed by atoms with Crippen molar-refractivity contribution in [2.45, 2.75) is 6.18 Å². The zero-order valence-corrected chi connectivity index (χ0v) is 9.74. The summed E-state index contributed by atoms with van der Waals surface area (Å²) in [5, 5.41) is 0. The third-order valence-electron chi connectivity index (χ3n) is 2.12. The number of amides is 1. The lowest BCUT2D eigenvalue weighted by Crippen LogP contribution is -2.34. The van der Waals surface area contributed by atoms with Crippen LogP contribution in [0.15, 0.2) is 30.3 Å². The van der Waals surface area contributed by atoms with Crippen molar-refractivity contribution in [1.29, 1.82) is 0 Å². The predicted octanol–water partition coefficient (Wildman–Crippen LogP) is 2.30. The summed E-state index contributed by atoms with van der Waals surface area (Å²) in [6.45, 7) is -1.27. The van der Waals surface area contributed by atoms with Crippen LogP contribution in [0.25, 0.3) is 6.08 Å². The molecule has 1 aromatic carbocycles. The van der Waals surface area contributed by atoms with Crippen LogP contribution in [0, 0.1) is 0 Å². The highest BCUT2D eigenvalue weighted by Gasteiger charge is 2.30. The van der Waals surface area contributed by atoms with Crippen molar-refractivity contribution in [3.8, 4) is 0 Å². The molecule has 0 bridgehead atoms. The van der Waals surface area contributed by atoms with E-state index in [1.54, 1.807) is 24.3 Å². The quantitative estimate of drug-likeness (QED) is 0.668. The van der Waals surface area contributed by atoms with E-state index < -0.39 is 18.6 Å². The van der Waals surface area contributed by atoms with Crippen LogP contribution in [-0.4, -0.2) is 30.6 Å². The number of nitrogen functional groups attached to an aromatic ring is 1. The lowest BCUT2D eigenvalue weighted by Gasteiger charge is -2.16. The second-order valence-electron chi connectivity index (χ2n) is 3.81. The number of hydrogen-bond donors (Lipinski definition) is 1. The molecule has 0 aliphatic carbocycles. The summed E-state index contributed by atoms with van der Waals surface area (Å²) < 4.78 is 36.1. The standard InChI is InChI=1S/C12H13F3N2O/c1-17(8-12(13,14)15)11(18)6-5-9-3-2-4-10(16)7-9/h2-7H,8,16H2,1H3/b6-5+. The van der Waals surface area contributed by atoms with E-state index in [1.165, 1.54) is 6.08 Å². The van der Waals surface area contributed by atoms with Gasteiger partial charge in [0.2, 0.25) is 5.91 Å². The Balaban J connectivity index is 2.64. The van der Waals surface area contributed by atoms with Gasteiger partial charge in [0.25, 0.3) is 0 Å². The molecule has 1 amide bonds. The highest BCUT2D eigenvalue weighted by molar-refractivity contribution is 5.91. The summed E-state index contributed by atoms with van der Waals surface area (Å²) in [5.74, 6) is -0.713. The topological polar surface area (TPSA) is 46.3 Å². The van der Waals surface area contributed by atoms with Gasteiger partial charge in [-0.15, -0.1) is 0 Å². The normalized spacial score (nSPS) is 11.8. The molecule has 0 saturated carbocycles. The van der Waals surface area contributed by atoms with Crippen molar-refractivity contribution in [2.75, 3.05) is 19.3 Å². The Kier molecular flexibility index (Phi) is 4.36. The van der Waals surface area contributed by atoms with Gasteiger partial charge in [-0.2, -0.15) is 13.2 Å². The van der Waals surface area contributed by atoms with Crippen LogP contribution < -0.4 is 5.73 Å². The molecule has 0 heterocycles. The Labute approximate surface area is 103 Å². The van der Waals surface area contributed by atoms with E-state index in [9.17, 15) is 18.0 Å². The number of rotatable bonds is 3. The van der Waals surface area contributed by atoms with Crippen LogP contribution in [-0.2, 0) is 4.79 Å². The third-order valence-corrected chi connectivity index (χ3v) is 2.12. The van der Waals surface area contributed by atoms with Crippen LogP contribution in [0.4, 0.5) is 18.9 Å². The fourth-order valence-electron chi connectivity index (χ4n) is 1.30. The number of likely N-dealkylation sites (N-methyl/N-ethyl adjacent to an activating group) is 1. The summed E-state index contributed by atoms with van der Waals surface area (Å²) >= 11 is 0. The number of halogens is 3. The van der Waals surface area contributed by atoms with Gasteiger partial charge in [0.05, 0.1) is 0 Å². The van der Waals surface area contributed by atoms with Crippen LogP contribution in [0.5, 0.6) is 0 Å². The molecule has 0 radical (unpaired) electrons. The average molecular weight is 258 g/mol. The largest absolute Gasteiger partial charge is 0.406 e. The minimum absolute atomic E-state index is 0.522. The highest BCUT2D eigenvalue weighted by Crippen LogP contribution is 2.16. The maximum absolute atomic E-state index is 12.0. The number of carbonyl (C=O) groups is 1. The lowest BCUT2D eigenvalue weighted by atomic mass is 10.2. The summed E-state index contributed by atoms with van der Waals surface area (Å²) in [5.41, 5.74) is 6.71. The Morgan fingerprint density at radius 1 is 1.44 bits per heavy atom. The molecule has 2 N–H and O–H groups in total. The Morgan fingerprint density at radius 3 is 2.67 bits per heavy atom. The van der Waals surface area contributed by atoms with Gasteiger partial charge in [0.1, 0.15) is 6.54 Å². The van der Waals surface area contributed by atoms with Gasteiger partial charge in [0.15, 0.2) is 0 Å². The maximum Gasteiger partial charge on any atom is 0.406 e. The van der Waals surface area contributed by atoms with Crippen LogP contribution >= 0.6 is 0 Å². The molecule has 1 rings (SSSR count). The SMILES string of the molecule is CN(CC(F)(F)F)C(=O)/C=C/c1cccc(N)c1. The van der Waals surface area contributed by atoms with Crippen molar-refractivity contribution in [1.82, 2.24) is 4.90 Å². The summed E-state index contributed by atoms with van der Waals surface area (Å²) in [4.78, 5) is 12.0. The van der Waals surface area contributed by atoms with Gasteiger partial charge in [-0.1, -0.05) is 12.1 Å². The molecule has 0 aromatic heterocycles. The van der Waals surface area contributed by atoms with E-state index in [0.717, 1.165) is 13.1 Å². The van der Waals surface area contributed by atoms with Gasteiger partial charge in [-0.05, 0) is 23.8 Å². The first-order valence-corrected chi connectivity index (χ1v) is 5.13. The van der Waals surface area contributed by atoms with Gasteiger partial charge in [-0.3, -0.25) is 4.79 Å². The van der Waals surface area contributed by atoms with Gasteiger partial charge < -0.3 is 10.6 Å². The van der Waals surface area contributed by atoms with E-state index in [-0.39, 0.29) is 0 Å². The first-order chi connectivity index (χ1) is 8.28. The molecular formula is C12H13F3N2O. The Morgan fingerprint density at radius 2 is 2.11 bits per heavy atom. The Hall–Kier alpha value is -1.98. The van der Waals surface area contributed by atoms with Crippen LogP contribution in [0.1, 0.15) is 5.56 Å². The Bertz CT molecular complexity index is 455. The summed E-state index contributed by atoms with van der Waals surface area (Å²) in [7, 11) is 1.10. The molecule has 3 nitrogen and oxygen atoms in total. The zero-order valence-electron chi connectivity index (χ0n) is 9.74. The number of hydrogen-bond acceptors (Lipinski definition) is 2. The van der Waals surface area contributed by atoms with E-state index in [1.807, 2.05) is 0 Å². The van der Waals surface area contributed by atoms with E-state index in [2.05, 4.69) is 0 Å². The van der Waals surface area contributed by atoms with Crippen molar-refractivity contribution in [2.24, 2.45) is 0 Å². The van der Waals surface area contributed by atoms with E-state index in [4.69, 9.17) is 5.73 Å². The summed E-state index contributed by atoms with van der Waals surface area (Å²) in [6.07, 6.45) is -1.89. The molecular weight excluding hydrogens is 245 g/mol. The fraction of sp³-hybridized carbons (Fsp3) is 0.250. The molecule has 0 saturated heterocycles. The number of anilines is 1. The fourth-order valence-corrected chi connectivity index (χ4v) is 1.30. The van der Waals surface area contributed by atoms with Crippen LogP contribution in [0.2, 0.25) is 0 Å². The number of alkyl halides is 3. The molecule has 1 aromatic rings. The minimum atomic E-state index is -4.39. The molecule has 0 aliphatic rings. The zero-order chi connectivity index (χ0) is 13.8. The molecule has 0 unspecified atom stereocenters. The molecule has 0 spiro atoms. The van der Waals surface area contributed by atoms with E-state index in [0.29, 0.717) is 16.2 Å². The van der Waals surface area contributed by atoms with Crippen molar-refractivity contribution in [3.63, 3.8) is 0 Å². The number of nitrogens with zero attached hydrogens (tertiary/aromatic N) is 1. The smallest absolute Gasteiger partial charge is 0.399 e. The molecule has 0 atom stereocenters. The molecule has 6 heteroatoms. The second-order valence-corrected chi connectivity index (χ2v) is 3.81. The average Bonchev–Trinajstić information content (AvgIpc) is 2.23. The lowest BCUT2D eigenvalue weighted by molar-refractivity contribution is -0.155. The third kappa shape index (κ3) is 4.90. The number of carbonyl (C=O) groups excluding carboxylic acids is 1. The molecule has 0 aliphatic heterocycles. The molecule has 0 fully saturated rings. The highest BCUT2D eigenvalue weighted by atomic mass is 19.4. The maximum atomic E-state index is 12.0. The summed E-state index contributed by atoms with van der Waals surface area (Å²) in [6, 6.07) is 6.69. The monoisotopic (exact) mass is 258 g/mol. The van der Waals surface area contributed by atoms with Crippen molar-refractivity contribution in [3.05, 3.63) is 35.9 Å². The number of benzene rings is 1. The van der Waals surface area contributed by atoms with Gasteiger partial charge in [-0.25, -0.2) is 0 Å². The first kappa shape index (κ1) is 14.1. The minimum Gasteiger partial charge on any atom is -0.399 e. The van der Waals surface area contributed by atoms with Crippen LogP contribution in [0.3, 0.4) is 0 Å². The van der Waals surface area contributed by atoms with Crippen molar-refractivity contribution < 1.29 is 18.0 Å².